The SMILES string of the molecule is Cc1ccc(C(NN)c2sccc2Cl)c(C)c1. The third kappa shape index (κ3) is 2.53. The topological polar surface area (TPSA) is 38.0 Å². The summed E-state index contributed by atoms with van der Waals surface area (Å²) in [5, 5.41) is 2.74. The van der Waals surface area contributed by atoms with Gasteiger partial charge in [0.15, 0.2) is 0 Å². The Hall–Kier alpha value is -0.870. The Kier molecular flexibility index (Phi) is 3.84. The average Bonchev–Trinajstić information content (AvgIpc) is 2.69. The molecule has 0 fully saturated rings. The van der Waals surface area contributed by atoms with Crippen LogP contribution < -0.4 is 11.3 Å². The fourth-order valence-electron chi connectivity index (χ4n) is 1.97. The number of aryl methyl sites for hydroxylation is 2. The molecule has 2 aromatic rings. The Morgan fingerprint density at radius 2 is 2.06 bits per heavy atom. The van der Waals surface area contributed by atoms with Gasteiger partial charge in [0.1, 0.15) is 0 Å². The lowest BCUT2D eigenvalue weighted by atomic mass is 9.98. The van der Waals surface area contributed by atoms with Crippen molar-refractivity contribution >= 4 is 22.9 Å². The molecule has 1 aromatic carbocycles. The van der Waals surface area contributed by atoms with E-state index in [4.69, 9.17) is 17.4 Å². The van der Waals surface area contributed by atoms with Crippen LogP contribution in [0.3, 0.4) is 0 Å². The quantitative estimate of drug-likeness (QED) is 0.658. The van der Waals surface area contributed by atoms with Crippen molar-refractivity contribution in [2.24, 2.45) is 5.84 Å². The Labute approximate surface area is 110 Å². The molecule has 0 bridgehead atoms. The van der Waals surface area contributed by atoms with E-state index in [1.54, 1.807) is 11.3 Å². The highest BCUT2D eigenvalue weighted by molar-refractivity contribution is 7.10. The minimum absolute atomic E-state index is 0.0388. The smallest absolute Gasteiger partial charge is 0.0820 e. The first-order chi connectivity index (χ1) is 8.13. The zero-order valence-electron chi connectivity index (χ0n) is 9.83. The average molecular weight is 267 g/mol. The van der Waals surface area contributed by atoms with E-state index in [-0.39, 0.29) is 6.04 Å². The van der Waals surface area contributed by atoms with Crippen LogP contribution in [0.4, 0.5) is 0 Å². The number of hydrogen-bond donors (Lipinski definition) is 2. The number of hydrazine groups is 1. The fraction of sp³-hybridized carbons (Fsp3) is 0.231. The van der Waals surface area contributed by atoms with Crippen molar-refractivity contribution < 1.29 is 0 Å². The number of nitrogens with one attached hydrogen (secondary N) is 1. The van der Waals surface area contributed by atoms with Gasteiger partial charge in [0.2, 0.25) is 0 Å². The third-order valence-corrected chi connectivity index (χ3v) is 4.23. The van der Waals surface area contributed by atoms with Crippen LogP contribution in [0.25, 0.3) is 0 Å². The second kappa shape index (κ2) is 5.19. The van der Waals surface area contributed by atoms with Gasteiger partial charge in [0.25, 0.3) is 0 Å². The molecule has 17 heavy (non-hydrogen) atoms. The molecule has 0 amide bonds. The molecule has 90 valence electrons. The number of thiophene rings is 1. The van der Waals surface area contributed by atoms with Crippen molar-refractivity contribution in [3.63, 3.8) is 0 Å². The molecule has 1 heterocycles. The Bertz CT molecular complexity index is 522. The molecule has 0 saturated carbocycles. The highest BCUT2D eigenvalue weighted by Crippen LogP contribution is 2.33. The molecule has 0 radical (unpaired) electrons. The number of nitrogens with two attached hydrogens (primary N) is 1. The van der Waals surface area contributed by atoms with Crippen LogP contribution in [-0.2, 0) is 0 Å². The lowest BCUT2D eigenvalue weighted by Gasteiger charge is -2.18. The molecule has 0 aliphatic rings. The van der Waals surface area contributed by atoms with Crippen molar-refractivity contribution in [3.8, 4) is 0 Å². The van der Waals surface area contributed by atoms with Gasteiger partial charge < -0.3 is 0 Å². The minimum Gasteiger partial charge on any atom is -0.271 e. The summed E-state index contributed by atoms with van der Waals surface area (Å²) in [5.41, 5.74) is 6.49. The molecule has 0 aliphatic carbocycles. The standard InChI is InChI=1S/C13H15ClN2S/c1-8-3-4-10(9(2)7-8)12(16-15)13-11(14)5-6-17-13/h3-7,12,16H,15H2,1-2H3. The first-order valence-electron chi connectivity index (χ1n) is 5.39. The minimum atomic E-state index is -0.0388. The third-order valence-electron chi connectivity index (χ3n) is 2.81. The predicted octanol–water partition coefficient (Wildman–Crippen LogP) is 3.57. The highest BCUT2D eigenvalue weighted by atomic mass is 35.5. The van der Waals surface area contributed by atoms with Gasteiger partial charge in [-0.05, 0) is 36.4 Å². The number of benzene rings is 1. The Balaban J connectivity index is 2.46. The van der Waals surface area contributed by atoms with E-state index >= 15 is 0 Å². The largest absolute Gasteiger partial charge is 0.271 e. The van der Waals surface area contributed by atoms with E-state index in [1.807, 2.05) is 11.4 Å². The highest BCUT2D eigenvalue weighted by Gasteiger charge is 2.18. The van der Waals surface area contributed by atoms with E-state index < -0.39 is 0 Å². The second-order valence-electron chi connectivity index (χ2n) is 4.09. The van der Waals surface area contributed by atoms with Crippen LogP contribution in [0.1, 0.15) is 27.6 Å². The van der Waals surface area contributed by atoms with Gasteiger partial charge in [-0.1, -0.05) is 35.4 Å². The number of rotatable bonds is 3. The Morgan fingerprint density at radius 1 is 1.29 bits per heavy atom. The molecule has 2 nitrogen and oxygen atoms in total. The van der Waals surface area contributed by atoms with Gasteiger partial charge in [-0.3, -0.25) is 5.84 Å². The van der Waals surface area contributed by atoms with E-state index in [0.717, 1.165) is 9.90 Å². The normalized spacial score (nSPS) is 12.7. The molecule has 0 saturated heterocycles. The Morgan fingerprint density at radius 3 is 2.59 bits per heavy atom. The van der Waals surface area contributed by atoms with Crippen molar-refractivity contribution in [1.29, 1.82) is 0 Å². The lowest BCUT2D eigenvalue weighted by molar-refractivity contribution is 0.643. The van der Waals surface area contributed by atoms with Gasteiger partial charge in [0, 0.05) is 4.88 Å². The molecule has 0 spiro atoms. The summed E-state index contributed by atoms with van der Waals surface area (Å²) in [6, 6.07) is 8.21. The molecule has 2 rings (SSSR count). The molecular formula is C13H15ClN2S. The summed E-state index contributed by atoms with van der Waals surface area (Å²) >= 11 is 7.78. The molecular weight excluding hydrogens is 252 g/mol. The van der Waals surface area contributed by atoms with E-state index in [9.17, 15) is 0 Å². The molecule has 0 aliphatic heterocycles. The van der Waals surface area contributed by atoms with Gasteiger partial charge in [-0.2, -0.15) is 0 Å². The van der Waals surface area contributed by atoms with E-state index in [2.05, 4.69) is 37.5 Å². The van der Waals surface area contributed by atoms with Crippen LogP contribution in [0.15, 0.2) is 29.6 Å². The first-order valence-corrected chi connectivity index (χ1v) is 6.65. The number of hydrogen-bond acceptors (Lipinski definition) is 3. The zero-order chi connectivity index (χ0) is 12.4. The van der Waals surface area contributed by atoms with Gasteiger partial charge in [-0.15, -0.1) is 11.3 Å². The molecule has 1 aromatic heterocycles. The van der Waals surface area contributed by atoms with Crippen LogP contribution in [0, 0.1) is 13.8 Å². The van der Waals surface area contributed by atoms with E-state index in [1.165, 1.54) is 16.7 Å². The van der Waals surface area contributed by atoms with Crippen molar-refractivity contribution in [2.45, 2.75) is 19.9 Å². The molecule has 1 atom stereocenters. The summed E-state index contributed by atoms with van der Waals surface area (Å²) in [4.78, 5) is 1.06. The molecule has 3 N–H and O–H groups in total. The van der Waals surface area contributed by atoms with Crippen LogP contribution in [-0.4, -0.2) is 0 Å². The lowest BCUT2D eigenvalue weighted by Crippen LogP contribution is -2.29. The van der Waals surface area contributed by atoms with Crippen LogP contribution in [0.2, 0.25) is 5.02 Å². The summed E-state index contributed by atoms with van der Waals surface area (Å²) in [6.45, 7) is 4.17. The first kappa shape index (κ1) is 12.6. The maximum atomic E-state index is 6.16. The van der Waals surface area contributed by atoms with Crippen LogP contribution >= 0.6 is 22.9 Å². The monoisotopic (exact) mass is 266 g/mol. The van der Waals surface area contributed by atoms with Gasteiger partial charge >= 0.3 is 0 Å². The molecule has 1 unspecified atom stereocenters. The summed E-state index contributed by atoms with van der Waals surface area (Å²) in [5.74, 6) is 5.67. The van der Waals surface area contributed by atoms with Crippen LogP contribution in [0.5, 0.6) is 0 Å². The molecule has 4 heteroatoms. The summed E-state index contributed by atoms with van der Waals surface area (Å²) < 4.78 is 0. The predicted molar refractivity (Wildman–Crippen MR) is 74.4 cm³/mol. The van der Waals surface area contributed by atoms with E-state index in [0.29, 0.717) is 0 Å². The van der Waals surface area contributed by atoms with Gasteiger partial charge in [-0.25, -0.2) is 5.43 Å². The van der Waals surface area contributed by atoms with Crippen molar-refractivity contribution in [1.82, 2.24) is 5.43 Å². The summed E-state index contributed by atoms with van der Waals surface area (Å²) in [7, 11) is 0. The van der Waals surface area contributed by atoms with Crippen molar-refractivity contribution in [2.75, 3.05) is 0 Å². The van der Waals surface area contributed by atoms with Gasteiger partial charge in [0.05, 0.1) is 11.1 Å². The van der Waals surface area contributed by atoms with Crippen molar-refractivity contribution in [3.05, 3.63) is 56.2 Å². The summed E-state index contributed by atoms with van der Waals surface area (Å²) in [6.07, 6.45) is 0. The number of halogens is 1. The second-order valence-corrected chi connectivity index (χ2v) is 5.45. The maximum Gasteiger partial charge on any atom is 0.0820 e. The maximum absolute atomic E-state index is 6.16. The zero-order valence-corrected chi connectivity index (χ0v) is 11.4. The fourth-order valence-corrected chi connectivity index (χ4v) is 3.21.